The molecular weight excluding hydrogens is 254 g/mol. The number of nitrogens with two attached hydrogens (primary N) is 1. The van der Waals surface area contributed by atoms with E-state index in [0.29, 0.717) is 12.3 Å². The van der Waals surface area contributed by atoms with Crippen molar-refractivity contribution in [3.8, 4) is 5.75 Å². The highest BCUT2D eigenvalue weighted by Crippen LogP contribution is 2.48. The van der Waals surface area contributed by atoms with E-state index in [1.807, 2.05) is 13.0 Å². The molecule has 1 fully saturated rings. The number of phenols is 1. The number of phenolic OH excluding ortho intramolecular Hbond substituents is 1. The Kier molecular flexibility index (Phi) is 2.77. The molecule has 1 aromatic rings. The molecule has 0 saturated heterocycles. The summed E-state index contributed by atoms with van der Waals surface area (Å²) in [6.45, 7) is 2.66. The smallest absolute Gasteiger partial charge is 0.119 e. The molecule has 3 heteroatoms. The Balaban J connectivity index is 2.55. The Hall–Kier alpha value is -0.540. The predicted octanol–water partition coefficient (Wildman–Crippen LogP) is 2.84. The molecule has 1 aliphatic rings. The van der Waals surface area contributed by atoms with Crippen LogP contribution in [0.1, 0.15) is 30.4 Å². The van der Waals surface area contributed by atoms with Gasteiger partial charge in [0.1, 0.15) is 5.75 Å². The van der Waals surface area contributed by atoms with E-state index >= 15 is 0 Å². The molecule has 82 valence electrons. The number of rotatable bonds is 2. The molecule has 1 saturated carbocycles. The summed E-state index contributed by atoms with van der Waals surface area (Å²) in [5.41, 5.74) is 8.06. The van der Waals surface area contributed by atoms with Crippen LogP contribution in [0.4, 0.5) is 0 Å². The van der Waals surface area contributed by atoms with Crippen molar-refractivity contribution in [3.05, 3.63) is 27.7 Å². The molecule has 3 N–H and O–H groups in total. The molecule has 0 spiro atoms. The highest BCUT2D eigenvalue weighted by atomic mass is 79.9. The summed E-state index contributed by atoms with van der Waals surface area (Å²) in [5.74, 6) is 0.390. The summed E-state index contributed by atoms with van der Waals surface area (Å²) >= 11 is 3.50. The summed E-state index contributed by atoms with van der Waals surface area (Å²) in [6, 6.07) is 3.64. The Labute approximate surface area is 98.6 Å². The van der Waals surface area contributed by atoms with Crippen molar-refractivity contribution >= 4 is 15.9 Å². The molecule has 0 atom stereocenters. The highest BCUT2D eigenvalue weighted by Gasteiger charge is 2.40. The van der Waals surface area contributed by atoms with Crippen molar-refractivity contribution in [2.45, 2.75) is 31.6 Å². The van der Waals surface area contributed by atoms with Crippen molar-refractivity contribution in [1.82, 2.24) is 0 Å². The van der Waals surface area contributed by atoms with Crippen molar-refractivity contribution in [2.75, 3.05) is 6.54 Å². The van der Waals surface area contributed by atoms with Crippen LogP contribution in [-0.2, 0) is 5.41 Å². The summed E-state index contributed by atoms with van der Waals surface area (Å²) < 4.78 is 1.05. The number of benzene rings is 1. The standard InChI is InChI=1S/C12H16BrNO/c1-8-9(13)3-4-10(15)11(8)12(7-14)5-2-6-12/h3-4,15H,2,5-7,14H2,1H3. The van der Waals surface area contributed by atoms with Crippen LogP contribution in [0, 0.1) is 6.92 Å². The van der Waals surface area contributed by atoms with Crippen LogP contribution < -0.4 is 5.73 Å². The summed E-state index contributed by atoms with van der Waals surface area (Å²) in [5, 5.41) is 9.97. The average molecular weight is 270 g/mol. The molecule has 0 aliphatic heterocycles. The lowest BCUT2D eigenvalue weighted by atomic mass is 9.63. The summed E-state index contributed by atoms with van der Waals surface area (Å²) in [7, 11) is 0. The normalized spacial score (nSPS) is 18.6. The molecule has 1 aromatic carbocycles. The second-order valence-electron chi connectivity index (χ2n) is 4.40. The molecule has 2 rings (SSSR count). The van der Waals surface area contributed by atoms with E-state index < -0.39 is 0 Å². The number of aromatic hydroxyl groups is 1. The van der Waals surface area contributed by atoms with Crippen LogP contribution in [0.25, 0.3) is 0 Å². The van der Waals surface area contributed by atoms with Gasteiger partial charge in [-0.25, -0.2) is 0 Å². The second-order valence-corrected chi connectivity index (χ2v) is 5.26. The topological polar surface area (TPSA) is 46.2 Å². The van der Waals surface area contributed by atoms with E-state index in [9.17, 15) is 5.11 Å². The quantitative estimate of drug-likeness (QED) is 0.868. The third-order valence-electron chi connectivity index (χ3n) is 3.61. The van der Waals surface area contributed by atoms with Gasteiger partial charge in [-0.2, -0.15) is 0 Å². The van der Waals surface area contributed by atoms with Crippen molar-refractivity contribution < 1.29 is 5.11 Å². The lowest BCUT2D eigenvalue weighted by Crippen LogP contribution is -2.42. The van der Waals surface area contributed by atoms with Gasteiger partial charge in [-0.1, -0.05) is 22.4 Å². The van der Waals surface area contributed by atoms with Gasteiger partial charge in [0.25, 0.3) is 0 Å². The number of hydrogen-bond donors (Lipinski definition) is 2. The first kappa shape index (κ1) is 11.0. The average Bonchev–Trinajstić information content (AvgIpc) is 2.16. The molecule has 0 aromatic heterocycles. The maximum Gasteiger partial charge on any atom is 0.119 e. The first-order chi connectivity index (χ1) is 7.10. The van der Waals surface area contributed by atoms with Gasteiger partial charge in [0, 0.05) is 22.0 Å². The van der Waals surface area contributed by atoms with E-state index in [-0.39, 0.29) is 5.41 Å². The number of hydrogen-bond acceptors (Lipinski definition) is 2. The molecule has 0 unspecified atom stereocenters. The lowest BCUT2D eigenvalue weighted by molar-refractivity contribution is 0.243. The minimum absolute atomic E-state index is 0.0257. The molecule has 0 radical (unpaired) electrons. The molecule has 1 aliphatic carbocycles. The Bertz CT molecular complexity index is 380. The molecule has 0 amide bonds. The maximum absolute atomic E-state index is 9.97. The van der Waals surface area contributed by atoms with Gasteiger partial charge in [-0.05, 0) is 37.5 Å². The van der Waals surface area contributed by atoms with Gasteiger partial charge in [0.05, 0.1) is 0 Å². The van der Waals surface area contributed by atoms with Crippen LogP contribution in [0.5, 0.6) is 5.75 Å². The van der Waals surface area contributed by atoms with Crippen molar-refractivity contribution in [3.63, 3.8) is 0 Å². The SMILES string of the molecule is Cc1c(Br)ccc(O)c1C1(CN)CCC1. The summed E-state index contributed by atoms with van der Waals surface area (Å²) in [4.78, 5) is 0. The van der Waals surface area contributed by atoms with Gasteiger partial charge < -0.3 is 10.8 Å². The second kappa shape index (κ2) is 3.80. The maximum atomic E-state index is 9.97. The van der Waals surface area contributed by atoms with Crippen LogP contribution in [0.3, 0.4) is 0 Å². The van der Waals surface area contributed by atoms with Crippen molar-refractivity contribution in [1.29, 1.82) is 0 Å². The van der Waals surface area contributed by atoms with Crippen LogP contribution in [-0.4, -0.2) is 11.7 Å². The highest BCUT2D eigenvalue weighted by molar-refractivity contribution is 9.10. The zero-order valence-electron chi connectivity index (χ0n) is 8.89. The minimum Gasteiger partial charge on any atom is -0.508 e. The molecule has 0 bridgehead atoms. The van der Waals surface area contributed by atoms with Gasteiger partial charge in [-0.15, -0.1) is 0 Å². The first-order valence-electron chi connectivity index (χ1n) is 5.29. The van der Waals surface area contributed by atoms with Gasteiger partial charge in [0.2, 0.25) is 0 Å². The van der Waals surface area contributed by atoms with Crippen LogP contribution >= 0.6 is 15.9 Å². The zero-order chi connectivity index (χ0) is 11.1. The van der Waals surface area contributed by atoms with E-state index in [1.54, 1.807) is 6.07 Å². The Morgan fingerprint density at radius 1 is 1.47 bits per heavy atom. The third-order valence-corrected chi connectivity index (χ3v) is 4.47. The Morgan fingerprint density at radius 3 is 2.60 bits per heavy atom. The van der Waals surface area contributed by atoms with E-state index in [2.05, 4.69) is 15.9 Å². The van der Waals surface area contributed by atoms with E-state index in [0.717, 1.165) is 28.4 Å². The van der Waals surface area contributed by atoms with Crippen LogP contribution in [0.15, 0.2) is 16.6 Å². The van der Waals surface area contributed by atoms with Gasteiger partial charge in [0.15, 0.2) is 0 Å². The molecule has 15 heavy (non-hydrogen) atoms. The lowest BCUT2D eigenvalue weighted by Gasteiger charge is -2.42. The minimum atomic E-state index is 0.0257. The fourth-order valence-corrected chi connectivity index (χ4v) is 2.83. The zero-order valence-corrected chi connectivity index (χ0v) is 10.5. The van der Waals surface area contributed by atoms with Crippen molar-refractivity contribution in [2.24, 2.45) is 5.73 Å². The van der Waals surface area contributed by atoms with Crippen LogP contribution in [0.2, 0.25) is 0 Å². The van der Waals surface area contributed by atoms with E-state index in [4.69, 9.17) is 5.73 Å². The molecule has 2 nitrogen and oxygen atoms in total. The fraction of sp³-hybridized carbons (Fsp3) is 0.500. The first-order valence-corrected chi connectivity index (χ1v) is 6.09. The third kappa shape index (κ3) is 1.58. The largest absolute Gasteiger partial charge is 0.508 e. The predicted molar refractivity (Wildman–Crippen MR) is 65.1 cm³/mol. The monoisotopic (exact) mass is 269 g/mol. The molecule has 0 heterocycles. The summed E-state index contributed by atoms with van der Waals surface area (Å²) in [6.07, 6.45) is 3.39. The van der Waals surface area contributed by atoms with Gasteiger partial charge >= 0.3 is 0 Å². The van der Waals surface area contributed by atoms with Gasteiger partial charge in [-0.3, -0.25) is 0 Å². The fourth-order valence-electron chi connectivity index (χ4n) is 2.50. The number of halogens is 1. The Morgan fingerprint density at radius 2 is 2.13 bits per heavy atom. The molecular formula is C12H16BrNO. The van der Waals surface area contributed by atoms with E-state index in [1.165, 1.54) is 6.42 Å².